The lowest BCUT2D eigenvalue weighted by molar-refractivity contribution is 0.0397. The fraction of sp³-hybridized carbons (Fsp3) is 0.125. The van der Waals surface area contributed by atoms with E-state index >= 15 is 0 Å². The molecule has 0 bridgehead atoms. The van der Waals surface area contributed by atoms with Gasteiger partial charge in [0.1, 0.15) is 35.2 Å². The molecule has 0 aliphatic rings. The first kappa shape index (κ1) is 24.1. The second kappa shape index (κ2) is 12.4. The third kappa shape index (κ3) is 6.95. The fourth-order valence-electron chi connectivity index (χ4n) is 3.68. The number of hydrogen-bond acceptors (Lipinski definition) is 3. The predicted octanol–water partition coefficient (Wildman–Crippen LogP) is 9.22. The molecule has 4 aromatic carbocycles. The highest BCUT2D eigenvalue weighted by Crippen LogP contribution is 2.32. The minimum atomic E-state index is -0.202. The van der Waals surface area contributed by atoms with Crippen LogP contribution in [0.5, 0.6) is 23.0 Å². The van der Waals surface area contributed by atoms with Gasteiger partial charge in [-0.1, -0.05) is 85.0 Å². The van der Waals surface area contributed by atoms with Crippen LogP contribution in [0.3, 0.4) is 0 Å². The summed E-state index contributed by atoms with van der Waals surface area (Å²) in [6.45, 7) is 4.01. The SMILES string of the molecule is C/C=C/C(OC(/C=C/C)c1ccc(Oc2ccccc2)cc1)c1ccc(Oc2ccccc2)cc1. The van der Waals surface area contributed by atoms with Gasteiger partial charge in [-0.15, -0.1) is 0 Å². The molecule has 0 amide bonds. The van der Waals surface area contributed by atoms with E-state index in [4.69, 9.17) is 14.2 Å². The summed E-state index contributed by atoms with van der Waals surface area (Å²) in [7, 11) is 0. The Morgan fingerprint density at radius 1 is 0.457 bits per heavy atom. The van der Waals surface area contributed by atoms with Crippen LogP contribution in [0.25, 0.3) is 0 Å². The number of para-hydroxylation sites is 2. The van der Waals surface area contributed by atoms with Crippen LogP contribution >= 0.6 is 0 Å². The average molecular weight is 463 g/mol. The topological polar surface area (TPSA) is 27.7 Å². The third-order valence-electron chi connectivity index (χ3n) is 5.40. The van der Waals surface area contributed by atoms with Crippen molar-refractivity contribution in [2.45, 2.75) is 26.1 Å². The van der Waals surface area contributed by atoms with E-state index in [1.165, 1.54) is 0 Å². The molecule has 0 aliphatic carbocycles. The molecule has 0 aromatic heterocycles. The van der Waals surface area contributed by atoms with Crippen LogP contribution in [0, 0.1) is 0 Å². The molecule has 2 unspecified atom stereocenters. The van der Waals surface area contributed by atoms with Crippen LogP contribution in [0.2, 0.25) is 0 Å². The van der Waals surface area contributed by atoms with E-state index in [9.17, 15) is 0 Å². The van der Waals surface area contributed by atoms with Crippen LogP contribution in [-0.2, 0) is 4.74 Å². The first-order valence-corrected chi connectivity index (χ1v) is 11.8. The van der Waals surface area contributed by atoms with Crippen molar-refractivity contribution in [3.8, 4) is 23.0 Å². The molecular formula is C32H30O3. The van der Waals surface area contributed by atoms with Crippen LogP contribution in [0.4, 0.5) is 0 Å². The summed E-state index contributed by atoms with van der Waals surface area (Å²) in [5.41, 5.74) is 2.11. The Bertz CT molecular complexity index is 1110. The number of ether oxygens (including phenoxy) is 3. The first-order valence-electron chi connectivity index (χ1n) is 11.8. The molecule has 0 N–H and O–H groups in total. The molecule has 0 radical (unpaired) electrons. The standard InChI is InChI=1S/C32H30O3/c1-3-11-31(25-17-21-29(22-18-25)33-27-13-7-5-8-14-27)35-32(12-4-2)26-19-23-30(24-20-26)34-28-15-9-6-10-16-28/h3-24,31-32H,1-2H3/b11-3+,12-4+. The van der Waals surface area contributed by atoms with Crippen molar-refractivity contribution in [2.75, 3.05) is 0 Å². The lowest BCUT2D eigenvalue weighted by Crippen LogP contribution is -2.07. The number of rotatable bonds is 10. The summed E-state index contributed by atoms with van der Waals surface area (Å²) in [4.78, 5) is 0. The molecule has 2 atom stereocenters. The van der Waals surface area contributed by atoms with Crippen molar-refractivity contribution < 1.29 is 14.2 Å². The maximum Gasteiger partial charge on any atom is 0.127 e. The summed E-state index contributed by atoms with van der Waals surface area (Å²) in [6.07, 6.45) is 7.76. The molecule has 0 fully saturated rings. The van der Waals surface area contributed by atoms with Gasteiger partial charge in [0.15, 0.2) is 0 Å². The van der Waals surface area contributed by atoms with E-state index in [0.717, 1.165) is 34.1 Å². The summed E-state index contributed by atoms with van der Waals surface area (Å²) < 4.78 is 18.4. The average Bonchev–Trinajstić information content (AvgIpc) is 2.90. The van der Waals surface area contributed by atoms with E-state index in [-0.39, 0.29) is 12.2 Å². The number of hydrogen-bond donors (Lipinski definition) is 0. The van der Waals surface area contributed by atoms with Crippen molar-refractivity contribution in [3.63, 3.8) is 0 Å². The minimum absolute atomic E-state index is 0.202. The Balaban J connectivity index is 1.47. The third-order valence-corrected chi connectivity index (χ3v) is 5.40. The molecule has 0 aliphatic heterocycles. The molecule has 0 spiro atoms. The largest absolute Gasteiger partial charge is 0.457 e. The van der Waals surface area contributed by atoms with E-state index in [1.807, 2.05) is 135 Å². The molecular weight excluding hydrogens is 432 g/mol. The van der Waals surface area contributed by atoms with Crippen molar-refractivity contribution in [1.82, 2.24) is 0 Å². The Morgan fingerprint density at radius 2 is 0.800 bits per heavy atom. The van der Waals surface area contributed by atoms with Crippen molar-refractivity contribution in [3.05, 3.63) is 145 Å². The monoisotopic (exact) mass is 462 g/mol. The van der Waals surface area contributed by atoms with Crippen molar-refractivity contribution in [1.29, 1.82) is 0 Å². The highest BCUT2D eigenvalue weighted by molar-refractivity contribution is 5.36. The van der Waals surface area contributed by atoms with Crippen LogP contribution in [0.15, 0.2) is 133 Å². The van der Waals surface area contributed by atoms with Gasteiger partial charge in [-0.2, -0.15) is 0 Å². The number of benzene rings is 4. The van der Waals surface area contributed by atoms with Gasteiger partial charge in [0.25, 0.3) is 0 Å². The molecule has 4 aromatic rings. The smallest absolute Gasteiger partial charge is 0.127 e. The van der Waals surface area contributed by atoms with Gasteiger partial charge < -0.3 is 14.2 Å². The van der Waals surface area contributed by atoms with Gasteiger partial charge in [-0.05, 0) is 73.5 Å². The Labute approximate surface area is 207 Å². The molecule has 3 heteroatoms. The minimum Gasteiger partial charge on any atom is -0.457 e. The summed E-state index contributed by atoms with van der Waals surface area (Å²) >= 11 is 0. The van der Waals surface area contributed by atoms with E-state index < -0.39 is 0 Å². The molecule has 0 heterocycles. The number of allylic oxidation sites excluding steroid dienone is 2. The van der Waals surface area contributed by atoms with Crippen molar-refractivity contribution in [2.24, 2.45) is 0 Å². The normalized spacial score (nSPS) is 13.1. The zero-order chi connectivity index (χ0) is 24.3. The second-order valence-electron chi connectivity index (χ2n) is 8.00. The van der Waals surface area contributed by atoms with Crippen LogP contribution in [0.1, 0.15) is 37.2 Å². The molecule has 3 nitrogen and oxygen atoms in total. The summed E-state index contributed by atoms with van der Waals surface area (Å²) in [5.74, 6) is 3.21. The maximum absolute atomic E-state index is 6.56. The van der Waals surface area contributed by atoms with Crippen molar-refractivity contribution >= 4 is 0 Å². The van der Waals surface area contributed by atoms with E-state index in [0.29, 0.717) is 0 Å². The molecule has 0 saturated heterocycles. The maximum atomic E-state index is 6.56. The van der Waals surface area contributed by atoms with E-state index in [1.54, 1.807) is 0 Å². The lowest BCUT2D eigenvalue weighted by Gasteiger charge is -2.22. The molecule has 35 heavy (non-hydrogen) atoms. The Morgan fingerprint density at radius 3 is 1.14 bits per heavy atom. The molecule has 0 saturated carbocycles. The van der Waals surface area contributed by atoms with Gasteiger partial charge in [0, 0.05) is 0 Å². The summed E-state index contributed by atoms with van der Waals surface area (Å²) in [6, 6.07) is 35.6. The first-order chi connectivity index (χ1) is 17.2. The van der Waals surface area contributed by atoms with Gasteiger partial charge in [0.05, 0.1) is 0 Å². The van der Waals surface area contributed by atoms with Gasteiger partial charge in [-0.3, -0.25) is 0 Å². The quantitative estimate of drug-likeness (QED) is 0.220. The molecule has 4 rings (SSSR count). The van der Waals surface area contributed by atoms with Crippen LogP contribution in [-0.4, -0.2) is 0 Å². The zero-order valence-corrected chi connectivity index (χ0v) is 20.1. The Kier molecular flexibility index (Phi) is 8.52. The lowest BCUT2D eigenvalue weighted by atomic mass is 10.1. The molecule has 176 valence electrons. The predicted molar refractivity (Wildman–Crippen MR) is 142 cm³/mol. The van der Waals surface area contributed by atoms with Gasteiger partial charge >= 0.3 is 0 Å². The second-order valence-corrected chi connectivity index (χ2v) is 8.00. The highest BCUT2D eigenvalue weighted by Gasteiger charge is 2.16. The van der Waals surface area contributed by atoms with E-state index in [2.05, 4.69) is 12.2 Å². The Hall–Kier alpha value is -4.08. The summed E-state index contributed by atoms with van der Waals surface area (Å²) in [5, 5.41) is 0. The van der Waals surface area contributed by atoms with Gasteiger partial charge in [-0.25, -0.2) is 0 Å². The zero-order valence-electron chi connectivity index (χ0n) is 20.1. The van der Waals surface area contributed by atoms with Crippen LogP contribution < -0.4 is 9.47 Å². The highest BCUT2D eigenvalue weighted by atomic mass is 16.5. The van der Waals surface area contributed by atoms with Gasteiger partial charge in [0.2, 0.25) is 0 Å². The fourth-order valence-corrected chi connectivity index (χ4v) is 3.68.